The molecular weight excluding hydrogens is 280 g/mol. The van der Waals surface area contributed by atoms with Crippen LogP contribution < -0.4 is 5.32 Å². The Bertz CT molecular complexity index is 400. The van der Waals surface area contributed by atoms with Crippen LogP contribution >= 0.6 is 0 Å². The first-order valence-electron chi connectivity index (χ1n) is 6.17. The molecule has 9 heteroatoms. The van der Waals surface area contributed by atoms with Crippen LogP contribution in [0.4, 0.5) is 17.6 Å². The number of hydrogen-bond acceptors (Lipinski definition) is 4. The molecular formula is C11H18F4N4O. The molecule has 1 aromatic heterocycles. The molecule has 116 valence electrons. The van der Waals surface area contributed by atoms with Gasteiger partial charge in [0.25, 0.3) is 0 Å². The molecule has 5 nitrogen and oxygen atoms in total. The van der Waals surface area contributed by atoms with Gasteiger partial charge in [0.1, 0.15) is 6.61 Å². The van der Waals surface area contributed by atoms with E-state index in [1.807, 2.05) is 6.92 Å². The molecule has 0 spiro atoms. The first-order valence-corrected chi connectivity index (χ1v) is 6.17. The van der Waals surface area contributed by atoms with E-state index < -0.39 is 19.0 Å². The lowest BCUT2D eigenvalue weighted by atomic mass is 10.2. The van der Waals surface area contributed by atoms with Crippen molar-refractivity contribution in [3.05, 3.63) is 11.9 Å². The fourth-order valence-electron chi connectivity index (χ4n) is 1.62. The maximum absolute atomic E-state index is 12.7. The van der Waals surface area contributed by atoms with Crippen LogP contribution in [0.1, 0.15) is 12.6 Å². The molecule has 20 heavy (non-hydrogen) atoms. The zero-order valence-corrected chi connectivity index (χ0v) is 11.3. The fourth-order valence-corrected chi connectivity index (χ4v) is 1.62. The van der Waals surface area contributed by atoms with Gasteiger partial charge in [0.15, 0.2) is 0 Å². The van der Waals surface area contributed by atoms with Crippen molar-refractivity contribution in [3.8, 4) is 0 Å². The average molecular weight is 298 g/mol. The van der Waals surface area contributed by atoms with Crippen molar-refractivity contribution in [1.29, 1.82) is 0 Å². The van der Waals surface area contributed by atoms with Crippen molar-refractivity contribution in [3.63, 3.8) is 0 Å². The van der Waals surface area contributed by atoms with Crippen molar-refractivity contribution in [2.24, 2.45) is 7.05 Å². The summed E-state index contributed by atoms with van der Waals surface area (Å²) in [6.45, 7) is 1.04. The van der Waals surface area contributed by atoms with E-state index in [1.54, 1.807) is 13.2 Å². The standard InChI is InChI=1S/C11H18F4N4O/c1-3-16-9(4-8-5-19(2)18-17-8)6-20-7-11(14,15)10(12)13/h5,9-10,16H,3-4,6-7H2,1-2H3. The van der Waals surface area contributed by atoms with Gasteiger partial charge in [0.2, 0.25) is 0 Å². The maximum atomic E-state index is 12.7. The van der Waals surface area contributed by atoms with Crippen LogP contribution in [0.15, 0.2) is 6.20 Å². The number of aromatic nitrogens is 3. The molecule has 0 fully saturated rings. The SMILES string of the molecule is CCNC(COCC(F)(F)C(F)F)Cc1cn(C)nn1. The van der Waals surface area contributed by atoms with Gasteiger partial charge in [0.05, 0.1) is 12.3 Å². The average Bonchev–Trinajstić information content (AvgIpc) is 2.74. The van der Waals surface area contributed by atoms with Gasteiger partial charge in [-0.2, -0.15) is 8.78 Å². The van der Waals surface area contributed by atoms with Crippen LogP contribution in [0.25, 0.3) is 0 Å². The number of ether oxygens (including phenoxy) is 1. The highest BCUT2D eigenvalue weighted by atomic mass is 19.3. The van der Waals surface area contributed by atoms with Crippen LogP contribution in [-0.4, -0.2) is 53.1 Å². The first kappa shape index (κ1) is 16.8. The molecule has 0 aliphatic rings. The summed E-state index contributed by atoms with van der Waals surface area (Å²) in [6, 6.07) is -0.287. The van der Waals surface area contributed by atoms with Gasteiger partial charge in [-0.05, 0) is 6.54 Å². The highest BCUT2D eigenvalue weighted by Crippen LogP contribution is 2.22. The zero-order chi connectivity index (χ0) is 15.2. The monoisotopic (exact) mass is 298 g/mol. The van der Waals surface area contributed by atoms with E-state index in [1.165, 1.54) is 4.68 Å². The minimum atomic E-state index is -4.12. The van der Waals surface area contributed by atoms with Crippen molar-refractivity contribution in [2.45, 2.75) is 31.7 Å². The molecule has 0 aliphatic heterocycles. The molecule has 0 saturated carbocycles. The molecule has 1 heterocycles. The minimum absolute atomic E-state index is 0.104. The van der Waals surface area contributed by atoms with Crippen molar-refractivity contribution >= 4 is 0 Å². The van der Waals surface area contributed by atoms with Crippen LogP contribution in [-0.2, 0) is 18.2 Å². The summed E-state index contributed by atoms with van der Waals surface area (Å²) in [5, 5.41) is 10.6. The van der Waals surface area contributed by atoms with Gasteiger partial charge in [0, 0.05) is 25.7 Å². The van der Waals surface area contributed by atoms with E-state index in [4.69, 9.17) is 4.74 Å². The third-order valence-electron chi connectivity index (χ3n) is 2.53. The summed E-state index contributed by atoms with van der Waals surface area (Å²) < 4.78 is 55.5. The Morgan fingerprint density at radius 2 is 2.15 bits per heavy atom. The number of nitrogens with zero attached hydrogens (tertiary/aromatic N) is 3. The molecule has 0 radical (unpaired) electrons. The molecule has 0 aliphatic carbocycles. The van der Waals surface area contributed by atoms with Gasteiger partial charge >= 0.3 is 12.3 Å². The summed E-state index contributed by atoms with van der Waals surface area (Å²) in [5.74, 6) is -4.12. The van der Waals surface area contributed by atoms with Gasteiger partial charge in [-0.25, -0.2) is 8.78 Å². The Morgan fingerprint density at radius 3 is 2.65 bits per heavy atom. The highest BCUT2D eigenvalue weighted by Gasteiger charge is 2.41. The lowest BCUT2D eigenvalue weighted by molar-refractivity contribution is -0.167. The lowest BCUT2D eigenvalue weighted by Crippen LogP contribution is -2.39. The van der Waals surface area contributed by atoms with Crippen molar-refractivity contribution < 1.29 is 22.3 Å². The number of alkyl halides is 4. The van der Waals surface area contributed by atoms with E-state index in [0.29, 0.717) is 18.7 Å². The van der Waals surface area contributed by atoms with Gasteiger partial charge in [-0.3, -0.25) is 4.68 Å². The minimum Gasteiger partial charge on any atom is -0.373 e. The van der Waals surface area contributed by atoms with Crippen molar-refractivity contribution in [1.82, 2.24) is 20.3 Å². The Balaban J connectivity index is 2.43. The Kier molecular flexibility index (Phi) is 6.34. The smallest absolute Gasteiger partial charge is 0.330 e. The second-order valence-electron chi connectivity index (χ2n) is 4.42. The largest absolute Gasteiger partial charge is 0.373 e. The lowest BCUT2D eigenvalue weighted by Gasteiger charge is -2.19. The predicted molar refractivity (Wildman–Crippen MR) is 63.9 cm³/mol. The number of halogens is 4. The van der Waals surface area contributed by atoms with Crippen LogP contribution in [0.2, 0.25) is 0 Å². The Labute approximate surface area is 114 Å². The van der Waals surface area contributed by atoms with E-state index in [2.05, 4.69) is 15.6 Å². The van der Waals surface area contributed by atoms with Crippen LogP contribution in [0, 0.1) is 0 Å². The number of rotatable bonds is 9. The molecule has 0 amide bonds. The molecule has 1 N–H and O–H groups in total. The second kappa shape index (κ2) is 7.53. The third-order valence-corrected chi connectivity index (χ3v) is 2.53. The Hall–Kier alpha value is -1.22. The molecule has 0 saturated heterocycles. The molecule has 0 aromatic carbocycles. The Morgan fingerprint density at radius 1 is 1.45 bits per heavy atom. The van der Waals surface area contributed by atoms with Crippen molar-refractivity contribution in [2.75, 3.05) is 19.8 Å². The first-order chi connectivity index (χ1) is 9.35. The van der Waals surface area contributed by atoms with Gasteiger partial charge < -0.3 is 10.1 Å². The van der Waals surface area contributed by atoms with E-state index >= 15 is 0 Å². The molecule has 1 atom stereocenters. The van der Waals surface area contributed by atoms with E-state index in [0.717, 1.165) is 0 Å². The van der Waals surface area contributed by atoms with Crippen LogP contribution in [0.3, 0.4) is 0 Å². The highest BCUT2D eigenvalue weighted by molar-refractivity contribution is 4.95. The van der Waals surface area contributed by atoms with Crippen LogP contribution in [0.5, 0.6) is 0 Å². The topological polar surface area (TPSA) is 52.0 Å². The van der Waals surface area contributed by atoms with E-state index in [-0.39, 0.29) is 12.6 Å². The molecule has 1 rings (SSSR count). The van der Waals surface area contributed by atoms with E-state index in [9.17, 15) is 17.6 Å². The summed E-state index contributed by atoms with van der Waals surface area (Å²) in [4.78, 5) is 0. The molecule has 1 unspecified atom stereocenters. The maximum Gasteiger partial charge on any atom is 0.330 e. The fraction of sp³-hybridized carbons (Fsp3) is 0.818. The van der Waals surface area contributed by atoms with Gasteiger partial charge in [-0.1, -0.05) is 12.1 Å². The molecule has 1 aromatic rings. The number of aryl methyl sites for hydroxylation is 1. The molecule has 0 bridgehead atoms. The summed E-state index contributed by atoms with van der Waals surface area (Å²) in [6.07, 6.45) is -1.61. The quantitative estimate of drug-likeness (QED) is 0.697. The van der Waals surface area contributed by atoms with Gasteiger partial charge in [-0.15, -0.1) is 5.10 Å². The number of hydrogen-bond donors (Lipinski definition) is 1. The summed E-state index contributed by atoms with van der Waals surface area (Å²) in [7, 11) is 1.71. The zero-order valence-electron chi connectivity index (χ0n) is 11.3. The number of nitrogens with one attached hydrogen (secondary N) is 1. The second-order valence-corrected chi connectivity index (χ2v) is 4.42. The summed E-state index contributed by atoms with van der Waals surface area (Å²) >= 11 is 0. The third kappa shape index (κ3) is 5.41. The predicted octanol–water partition coefficient (Wildman–Crippen LogP) is 1.25. The number of likely N-dealkylation sites (N-methyl/N-ethyl adjacent to an activating group) is 1. The normalized spacial score (nSPS) is 13.9. The summed E-state index contributed by atoms with van der Waals surface area (Å²) in [5.41, 5.74) is 0.669.